The Bertz CT molecular complexity index is 370. The van der Waals surface area contributed by atoms with Crippen LogP contribution in [0.4, 0.5) is 0 Å². The van der Waals surface area contributed by atoms with E-state index < -0.39 is 6.04 Å². The molecule has 0 radical (unpaired) electrons. The predicted octanol–water partition coefficient (Wildman–Crippen LogP) is 0.697. The molecule has 0 aromatic heterocycles. The van der Waals surface area contributed by atoms with Gasteiger partial charge in [-0.05, 0) is 63.2 Å². The first kappa shape index (κ1) is 12.9. The molecule has 4 bridgehead atoms. The van der Waals surface area contributed by atoms with Crippen molar-refractivity contribution in [2.45, 2.75) is 51.5 Å². The minimum Gasteiger partial charge on any atom is -0.320 e. The highest BCUT2D eigenvalue weighted by Crippen LogP contribution is 2.59. The summed E-state index contributed by atoms with van der Waals surface area (Å²) in [5.41, 5.74) is 10.3. The number of amides is 2. The molecule has 4 saturated carbocycles. The van der Waals surface area contributed by atoms with Crippen LogP contribution in [0.1, 0.15) is 45.4 Å². The van der Waals surface area contributed by atoms with Crippen molar-refractivity contribution in [3.8, 4) is 0 Å². The lowest BCUT2D eigenvalue weighted by atomic mass is 9.49. The summed E-state index contributed by atoms with van der Waals surface area (Å²) in [5.74, 6) is 1.84. The van der Waals surface area contributed by atoms with E-state index in [1.54, 1.807) is 6.92 Å². The summed E-state index contributed by atoms with van der Waals surface area (Å²) in [6.07, 6.45) is 6.91. The molecule has 1 unspecified atom stereocenters. The van der Waals surface area contributed by atoms with Crippen LogP contribution in [-0.2, 0) is 9.59 Å². The van der Waals surface area contributed by atoms with Crippen molar-refractivity contribution >= 4 is 11.8 Å². The molecule has 5 heteroatoms. The topological polar surface area (TPSA) is 84.2 Å². The van der Waals surface area contributed by atoms with Gasteiger partial charge in [-0.3, -0.25) is 20.4 Å². The van der Waals surface area contributed by atoms with Crippen molar-refractivity contribution in [1.82, 2.24) is 10.9 Å². The number of rotatable bonds is 2. The highest BCUT2D eigenvalue weighted by molar-refractivity contribution is 5.87. The fourth-order valence-electron chi connectivity index (χ4n) is 4.75. The van der Waals surface area contributed by atoms with Crippen LogP contribution >= 0.6 is 0 Å². The van der Waals surface area contributed by atoms with E-state index in [9.17, 15) is 9.59 Å². The molecule has 4 aliphatic rings. The monoisotopic (exact) mass is 265 g/mol. The largest absolute Gasteiger partial charge is 0.320 e. The molecule has 2 amide bonds. The van der Waals surface area contributed by atoms with E-state index in [0.29, 0.717) is 0 Å². The van der Waals surface area contributed by atoms with Crippen LogP contribution in [0.15, 0.2) is 0 Å². The Balaban J connectivity index is 1.65. The van der Waals surface area contributed by atoms with Crippen molar-refractivity contribution < 1.29 is 9.59 Å². The van der Waals surface area contributed by atoms with Crippen molar-refractivity contribution in [3.05, 3.63) is 0 Å². The third kappa shape index (κ3) is 2.24. The fourth-order valence-corrected chi connectivity index (χ4v) is 4.75. The highest BCUT2D eigenvalue weighted by Gasteiger charge is 2.54. The van der Waals surface area contributed by atoms with Crippen LogP contribution in [-0.4, -0.2) is 17.9 Å². The Morgan fingerprint density at radius 3 is 1.95 bits per heavy atom. The minimum absolute atomic E-state index is 0.000556. The first-order valence-electron chi connectivity index (χ1n) is 7.34. The van der Waals surface area contributed by atoms with Crippen LogP contribution in [0.3, 0.4) is 0 Å². The van der Waals surface area contributed by atoms with E-state index in [4.69, 9.17) is 5.73 Å². The molecule has 0 aromatic rings. The Labute approximate surface area is 113 Å². The van der Waals surface area contributed by atoms with Gasteiger partial charge in [-0.2, -0.15) is 0 Å². The third-order valence-corrected chi connectivity index (χ3v) is 5.23. The van der Waals surface area contributed by atoms with Crippen LogP contribution in [0.5, 0.6) is 0 Å². The number of hydrogen-bond acceptors (Lipinski definition) is 3. The minimum atomic E-state index is -0.600. The van der Waals surface area contributed by atoms with E-state index in [-0.39, 0.29) is 17.2 Å². The zero-order chi connectivity index (χ0) is 13.6. The van der Waals surface area contributed by atoms with E-state index in [2.05, 4.69) is 10.9 Å². The SMILES string of the molecule is CC(N)C(=O)NNC(=O)C12CC3CC(CC(C3)C1)C2. The smallest absolute Gasteiger partial charge is 0.254 e. The molecule has 106 valence electrons. The molecule has 0 spiro atoms. The van der Waals surface area contributed by atoms with E-state index >= 15 is 0 Å². The van der Waals surface area contributed by atoms with Gasteiger partial charge in [0.25, 0.3) is 5.91 Å². The Morgan fingerprint density at radius 1 is 1.05 bits per heavy atom. The van der Waals surface area contributed by atoms with Crippen LogP contribution in [0.25, 0.3) is 0 Å². The van der Waals surface area contributed by atoms with Gasteiger partial charge in [-0.15, -0.1) is 0 Å². The lowest BCUT2D eigenvalue weighted by Crippen LogP contribution is -2.58. The number of hydrogen-bond donors (Lipinski definition) is 3. The Hall–Kier alpha value is -1.10. The molecule has 4 rings (SSSR count). The molecule has 1 atom stereocenters. The van der Waals surface area contributed by atoms with Crippen molar-refractivity contribution in [3.63, 3.8) is 0 Å². The van der Waals surface area contributed by atoms with Gasteiger partial charge in [-0.1, -0.05) is 0 Å². The second-order valence-electron chi connectivity index (χ2n) is 6.93. The van der Waals surface area contributed by atoms with Gasteiger partial charge in [-0.25, -0.2) is 0 Å². The summed E-state index contributed by atoms with van der Waals surface area (Å²) in [7, 11) is 0. The third-order valence-electron chi connectivity index (χ3n) is 5.23. The summed E-state index contributed by atoms with van der Waals surface area (Å²) in [4.78, 5) is 23.9. The van der Waals surface area contributed by atoms with Gasteiger partial charge in [0.05, 0.1) is 11.5 Å². The quantitative estimate of drug-likeness (QED) is 0.642. The molecule has 19 heavy (non-hydrogen) atoms. The zero-order valence-corrected chi connectivity index (χ0v) is 11.4. The lowest BCUT2D eigenvalue weighted by Gasteiger charge is -2.55. The Kier molecular flexibility index (Phi) is 3.04. The van der Waals surface area contributed by atoms with Crippen molar-refractivity contribution in [1.29, 1.82) is 0 Å². The molecule has 4 N–H and O–H groups in total. The average molecular weight is 265 g/mol. The number of carbonyl (C=O) groups is 2. The summed E-state index contributed by atoms with van der Waals surface area (Å²) in [5, 5.41) is 0. The second kappa shape index (κ2) is 4.47. The highest BCUT2D eigenvalue weighted by atomic mass is 16.2. The number of nitrogens with one attached hydrogen (secondary N) is 2. The van der Waals surface area contributed by atoms with Crippen LogP contribution < -0.4 is 16.6 Å². The number of nitrogens with two attached hydrogens (primary N) is 1. The van der Waals surface area contributed by atoms with E-state index in [0.717, 1.165) is 37.0 Å². The van der Waals surface area contributed by atoms with Crippen molar-refractivity contribution in [2.24, 2.45) is 28.9 Å². The van der Waals surface area contributed by atoms with Gasteiger partial charge in [0.15, 0.2) is 0 Å². The lowest BCUT2D eigenvalue weighted by molar-refractivity contribution is -0.149. The second-order valence-corrected chi connectivity index (χ2v) is 6.93. The summed E-state index contributed by atoms with van der Waals surface area (Å²) in [6, 6.07) is -0.600. The summed E-state index contributed by atoms with van der Waals surface area (Å²) >= 11 is 0. The molecular formula is C14H23N3O2. The van der Waals surface area contributed by atoms with E-state index in [1.165, 1.54) is 19.3 Å². The normalized spacial score (nSPS) is 40.8. The van der Waals surface area contributed by atoms with Crippen LogP contribution in [0.2, 0.25) is 0 Å². The van der Waals surface area contributed by atoms with E-state index in [1.807, 2.05) is 0 Å². The maximum Gasteiger partial charge on any atom is 0.254 e. The number of carbonyl (C=O) groups excluding carboxylic acids is 2. The summed E-state index contributed by atoms with van der Waals surface area (Å²) < 4.78 is 0. The average Bonchev–Trinajstić information content (AvgIpc) is 2.33. The van der Waals surface area contributed by atoms with Crippen molar-refractivity contribution in [2.75, 3.05) is 0 Å². The predicted molar refractivity (Wildman–Crippen MR) is 70.5 cm³/mol. The molecule has 0 aromatic carbocycles. The number of hydrazine groups is 1. The van der Waals surface area contributed by atoms with Gasteiger partial charge >= 0.3 is 0 Å². The van der Waals surface area contributed by atoms with Gasteiger partial charge in [0, 0.05) is 0 Å². The molecule has 5 nitrogen and oxygen atoms in total. The molecule has 0 aliphatic heterocycles. The standard InChI is InChI=1S/C14H23N3O2/c1-8(15)12(18)16-17-13(19)14-5-9-2-10(6-14)4-11(3-9)7-14/h8-11H,2-7,15H2,1H3,(H,16,18)(H,17,19). The molecule has 0 saturated heterocycles. The molecule has 4 aliphatic carbocycles. The first-order valence-corrected chi connectivity index (χ1v) is 7.34. The first-order chi connectivity index (χ1) is 8.98. The summed E-state index contributed by atoms with van der Waals surface area (Å²) in [6.45, 7) is 1.60. The molecule has 4 fully saturated rings. The maximum absolute atomic E-state index is 12.5. The zero-order valence-electron chi connectivity index (χ0n) is 11.4. The fraction of sp³-hybridized carbons (Fsp3) is 0.857. The van der Waals surface area contributed by atoms with Crippen LogP contribution in [0, 0.1) is 23.2 Å². The Morgan fingerprint density at radius 2 is 1.53 bits per heavy atom. The van der Waals surface area contributed by atoms with Gasteiger partial charge in [0.2, 0.25) is 5.91 Å². The van der Waals surface area contributed by atoms with Gasteiger partial charge in [0.1, 0.15) is 0 Å². The maximum atomic E-state index is 12.5. The molecule has 0 heterocycles. The molecular weight excluding hydrogens is 242 g/mol. The van der Waals surface area contributed by atoms with Gasteiger partial charge < -0.3 is 5.73 Å².